The van der Waals surface area contributed by atoms with E-state index in [-0.39, 0.29) is 10.7 Å². The van der Waals surface area contributed by atoms with Crippen molar-refractivity contribution in [3.63, 3.8) is 0 Å². The molecule has 3 nitrogen and oxygen atoms in total. The molecular weight excluding hydrogens is 389 g/mol. The third-order valence-corrected chi connectivity index (χ3v) is 6.55. The fourth-order valence-electron chi connectivity index (χ4n) is 2.40. The van der Waals surface area contributed by atoms with Gasteiger partial charge in [0.15, 0.2) is 0 Å². The molecule has 0 bridgehead atoms. The van der Waals surface area contributed by atoms with Crippen LogP contribution in [-0.2, 0) is 10.0 Å². The minimum atomic E-state index is -3.65. The molecule has 3 rings (SSSR count). The van der Waals surface area contributed by atoms with E-state index in [9.17, 15) is 12.8 Å². The van der Waals surface area contributed by atoms with Crippen LogP contribution >= 0.6 is 27.7 Å². The van der Waals surface area contributed by atoms with E-state index in [1.165, 1.54) is 23.9 Å². The van der Waals surface area contributed by atoms with Crippen molar-refractivity contribution in [2.45, 2.75) is 22.3 Å². The smallest absolute Gasteiger partial charge is 0.207 e. The van der Waals surface area contributed by atoms with E-state index in [4.69, 9.17) is 0 Å². The first-order valence-corrected chi connectivity index (χ1v) is 9.93. The zero-order valence-electron chi connectivity index (χ0n) is 11.4. The van der Waals surface area contributed by atoms with Gasteiger partial charge in [0.25, 0.3) is 0 Å². The summed E-state index contributed by atoms with van der Waals surface area (Å²) < 4.78 is 42.3. The van der Waals surface area contributed by atoms with Crippen LogP contribution in [0.3, 0.4) is 0 Å². The average Bonchev–Trinajstić information content (AvgIpc) is 2.48. The van der Waals surface area contributed by atoms with Crippen molar-refractivity contribution in [3.8, 4) is 0 Å². The summed E-state index contributed by atoms with van der Waals surface area (Å²) in [5, 5.41) is 0. The highest BCUT2D eigenvalue weighted by atomic mass is 79.9. The monoisotopic (exact) mass is 401 g/mol. The van der Waals surface area contributed by atoms with Crippen molar-refractivity contribution in [2.75, 3.05) is 5.75 Å². The van der Waals surface area contributed by atoms with E-state index in [1.807, 2.05) is 0 Å². The van der Waals surface area contributed by atoms with Crippen LogP contribution in [0.25, 0.3) is 0 Å². The van der Waals surface area contributed by atoms with Crippen LogP contribution in [0.2, 0.25) is 0 Å². The summed E-state index contributed by atoms with van der Waals surface area (Å²) in [6.45, 7) is 0. The molecule has 1 aliphatic heterocycles. The molecule has 0 saturated heterocycles. The highest BCUT2D eigenvalue weighted by Gasteiger charge is 2.27. The Hall–Kier alpha value is -0.890. The van der Waals surface area contributed by atoms with E-state index in [1.54, 1.807) is 30.3 Å². The summed E-state index contributed by atoms with van der Waals surface area (Å²) >= 11 is 4.70. The molecule has 0 amide bonds. The number of rotatable bonds is 3. The number of thioether (sulfide) groups is 1. The van der Waals surface area contributed by atoms with E-state index in [0.29, 0.717) is 27.1 Å². The fraction of sp³-hybridized carbons (Fsp3) is 0.200. The minimum absolute atomic E-state index is 0.193. The molecule has 0 fully saturated rings. The van der Waals surface area contributed by atoms with E-state index in [0.717, 1.165) is 0 Å². The van der Waals surface area contributed by atoms with Crippen molar-refractivity contribution in [1.82, 2.24) is 4.72 Å². The lowest BCUT2D eigenvalue weighted by atomic mass is 10.0. The lowest BCUT2D eigenvalue weighted by Crippen LogP contribution is -2.31. The van der Waals surface area contributed by atoms with Crippen LogP contribution in [-0.4, -0.2) is 14.2 Å². The zero-order chi connectivity index (χ0) is 15.7. The number of sulfonamides is 1. The Kier molecular flexibility index (Phi) is 4.59. The zero-order valence-corrected chi connectivity index (χ0v) is 14.6. The lowest BCUT2D eigenvalue weighted by Gasteiger charge is -2.26. The average molecular weight is 402 g/mol. The van der Waals surface area contributed by atoms with Crippen LogP contribution < -0.4 is 4.72 Å². The van der Waals surface area contributed by atoms with Gasteiger partial charge in [-0.15, -0.1) is 11.8 Å². The Labute approximate surface area is 141 Å². The van der Waals surface area contributed by atoms with Crippen LogP contribution in [0.4, 0.5) is 4.39 Å². The summed E-state index contributed by atoms with van der Waals surface area (Å²) in [6.07, 6.45) is 0.633. The Balaban J connectivity index is 1.93. The molecule has 0 aliphatic carbocycles. The molecule has 1 atom stereocenters. The van der Waals surface area contributed by atoms with Gasteiger partial charge in [-0.25, -0.2) is 17.5 Å². The molecule has 0 spiro atoms. The van der Waals surface area contributed by atoms with Crippen molar-refractivity contribution in [2.24, 2.45) is 0 Å². The number of fused-ring (bicyclic) bond motifs is 1. The molecule has 0 saturated carbocycles. The lowest BCUT2D eigenvalue weighted by molar-refractivity contribution is 0.533. The van der Waals surface area contributed by atoms with Crippen molar-refractivity contribution in [3.05, 3.63) is 58.3 Å². The van der Waals surface area contributed by atoms with Gasteiger partial charge in [-0.05, 0) is 42.0 Å². The number of nitrogens with one attached hydrogen (secondary N) is 1. The molecule has 1 aliphatic rings. The first-order chi connectivity index (χ1) is 10.5. The third kappa shape index (κ3) is 3.22. The summed E-state index contributed by atoms with van der Waals surface area (Å²) in [7, 11) is -3.65. The Morgan fingerprint density at radius 1 is 1.23 bits per heavy atom. The van der Waals surface area contributed by atoms with Crippen molar-refractivity contribution < 1.29 is 12.8 Å². The Bertz CT molecular complexity index is 811. The van der Waals surface area contributed by atoms with Crippen LogP contribution in [0.15, 0.2) is 56.7 Å². The normalized spacial score (nSPS) is 18.0. The predicted molar refractivity (Wildman–Crippen MR) is 88.9 cm³/mol. The van der Waals surface area contributed by atoms with Gasteiger partial charge in [0.05, 0.1) is 4.90 Å². The first kappa shape index (κ1) is 16.0. The molecule has 2 aromatic carbocycles. The second-order valence-electron chi connectivity index (χ2n) is 4.93. The highest BCUT2D eigenvalue weighted by Crippen LogP contribution is 2.38. The van der Waals surface area contributed by atoms with Crippen molar-refractivity contribution >= 4 is 37.7 Å². The standard InChI is InChI=1S/C15H13BrFNO2S2/c16-10-3-1-4-11(9-10)22(19,20)18-14-7-8-21-15-12(14)5-2-6-13(15)17/h1-6,9,14,18H,7-8H2. The van der Waals surface area contributed by atoms with E-state index >= 15 is 0 Å². The van der Waals surface area contributed by atoms with Gasteiger partial charge < -0.3 is 0 Å². The molecule has 7 heteroatoms. The van der Waals surface area contributed by atoms with Gasteiger partial charge in [0.2, 0.25) is 10.0 Å². The van der Waals surface area contributed by atoms with Gasteiger partial charge in [-0.3, -0.25) is 0 Å². The highest BCUT2D eigenvalue weighted by molar-refractivity contribution is 9.10. The summed E-state index contributed by atoms with van der Waals surface area (Å²) in [4.78, 5) is 0.730. The second-order valence-corrected chi connectivity index (χ2v) is 8.66. The molecule has 1 N–H and O–H groups in total. The largest absolute Gasteiger partial charge is 0.241 e. The van der Waals surface area contributed by atoms with Crippen molar-refractivity contribution in [1.29, 1.82) is 0 Å². The molecular formula is C15H13BrFNO2S2. The number of benzene rings is 2. The van der Waals surface area contributed by atoms with Gasteiger partial charge in [-0.2, -0.15) is 0 Å². The minimum Gasteiger partial charge on any atom is -0.207 e. The maximum Gasteiger partial charge on any atom is 0.241 e. The van der Waals surface area contributed by atoms with Gasteiger partial charge in [-0.1, -0.05) is 34.1 Å². The van der Waals surface area contributed by atoms with Crippen LogP contribution in [0, 0.1) is 5.82 Å². The second kappa shape index (κ2) is 6.31. The molecule has 0 aromatic heterocycles. The number of hydrogen-bond acceptors (Lipinski definition) is 3. The third-order valence-electron chi connectivity index (χ3n) is 3.43. The Morgan fingerprint density at radius 3 is 2.77 bits per heavy atom. The maximum absolute atomic E-state index is 13.8. The summed E-state index contributed by atoms with van der Waals surface area (Å²) in [5.74, 6) is 0.383. The number of halogens is 2. The molecule has 0 radical (unpaired) electrons. The molecule has 1 heterocycles. The summed E-state index contributed by atoms with van der Waals surface area (Å²) in [5.41, 5.74) is 0.704. The van der Waals surface area contributed by atoms with Crippen LogP contribution in [0.5, 0.6) is 0 Å². The van der Waals surface area contributed by atoms with E-state index in [2.05, 4.69) is 20.7 Å². The number of hydrogen-bond donors (Lipinski definition) is 1. The topological polar surface area (TPSA) is 46.2 Å². The van der Waals surface area contributed by atoms with Gasteiger partial charge in [0, 0.05) is 15.4 Å². The molecule has 1 unspecified atom stereocenters. The quantitative estimate of drug-likeness (QED) is 0.841. The van der Waals surface area contributed by atoms with Gasteiger partial charge >= 0.3 is 0 Å². The fourth-order valence-corrected chi connectivity index (χ4v) is 5.39. The molecule has 2 aromatic rings. The van der Waals surface area contributed by atoms with Gasteiger partial charge in [0.1, 0.15) is 5.82 Å². The first-order valence-electron chi connectivity index (χ1n) is 6.66. The van der Waals surface area contributed by atoms with E-state index < -0.39 is 16.1 Å². The molecule has 22 heavy (non-hydrogen) atoms. The predicted octanol–water partition coefficient (Wildman–Crippen LogP) is 4.10. The maximum atomic E-state index is 13.8. The van der Waals surface area contributed by atoms with Crippen LogP contribution in [0.1, 0.15) is 18.0 Å². The summed E-state index contributed by atoms with van der Waals surface area (Å²) in [6, 6.07) is 10.9. The Morgan fingerprint density at radius 2 is 2.00 bits per heavy atom. The SMILES string of the molecule is O=S(=O)(NC1CCSc2c(F)cccc21)c1cccc(Br)c1. The molecule has 116 valence electrons.